The zero-order chi connectivity index (χ0) is 8.55. The second-order valence-corrected chi connectivity index (χ2v) is 3.25. The van der Waals surface area contributed by atoms with Crippen molar-refractivity contribution in [1.29, 1.82) is 0 Å². The molecule has 0 fully saturated rings. The maximum Gasteiger partial charge on any atom is 0.196 e. The van der Waals surface area contributed by atoms with Crippen molar-refractivity contribution in [3.05, 3.63) is 24.0 Å². The van der Waals surface area contributed by atoms with Gasteiger partial charge in [0.25, 0.3) is 0 Å². The second-order valence-electron chi connectivity index (χ2n) is 3.25. The number of hydrogen-bond donors (Lipinski definition) is 0. The van der Waals surface area contributed by atoms with Crippen LogP contribution in [-0.2, 0) is 6.54 Å². The zero-order valence-corrected chi connectivity index (χ0v) is 8.88. The first-order valence-electron chi connectivity index (χ1n) is 4.57. The van der Waals surface area contributed by atoms with Gasteiger partial charge in [-0.3, -0.25) is 0 Å². The molecule has 0 aromatic carbocycles. The fourth-order valence-corrected chi connectivity index (χ4v) is 1.89. The van der Waals surface area contributed by atoms with Gasteiger partial charge in [-0.25, -0.2) is 4.58 Å². The fourth-order valence-electron chi connectivity index (χ4n) is 1.89. The molecule has 0 saturated carbocycles. The molecule has 1 aliphatic heterocycles. The predicted molar refractivity (Wildman–Crippen MR) is 49.9 cm³/mol. The first-order chi connectivity index (χ1) is 5.83. The molecular weight excluding hydrogens is 184 g/mol. The minimum absolute atomic E-state index is 0. The summed E-state index contributed by atoms with van der Waals surface area (Å²) in [5, 5.41) is 0. The highest BCUT2D eigenvalue weighted by Crippen LogP contribution is 2.08. The van der Waals surface area contributed by atoms with Crippen LogP contribution in [0.25, 0.3) is 0 Å². The summed E-state index contributed by atoms with van der Waals surface area (Å²) in [7, 11) is 0. The third kappa shape index (κ3) is 1.63. The third-order valence-corrected chi connectivity index (χ3v) is 2.67. The lowest BCUT2D eigenvalue weighted by Crippen LogP contribution is -3.00. The van der Waals surface area contributed by atoms with Gasteiger partial charge in [0.05, 0.1) is 6.54 Å². The van der Waals surface area contributed by atoms with Gasteiger partial charge in [0.2, 0.25) is 0 Å². The quantitative estimate of drug-likeness (QED) is 0.478. The number of hydrogen-bond acceptors (Lipinski definition) is 0. The SMILES string of the molecule is CC[N+]1=C(C)c2cccn2CC1.[Cl-]. The Labute approximate surface area is 85.3 Å². The van der Waals surface area contributed by atoms with E-state index in [1.54, 1.807) is 0 Å². The Kier molecular flexibility index (Phi) is 3.15. The lowest BCUT2D eigenvalue weighted by Gasteiger charge is -2.14. The van der Waals surface area contributed by atoms with Crippen LogP contribution in [0.15, 0.2) is 18.3 Å². The highest BCUT2D eigenvalue weighted by molar-refractivity contribution is 5.93. The Morgan fingerprint density at radius 3 is 3.00 bits per heavy atom. The number of halogens is 1. The Morgan fingerprint density at radius 2 is 2.31 bits per heavy atom. The molecule has 0 aliphatic carbocycles. The van der Waals surface area contributed by atoms with Gasteiger partial charge >= 0.3 is 0 Å². The van der Waals surface area contributed by atoms with E-state index in [0.29, 0.717) is 0 Å². The maximum absolute atomic E-state index is 2.43. The molecule has 0 radical (unpaired) electrons. The molecule has 0 amide bonds. The minimum Gasteiger partial charge on any atom is -1.00 e. The molecule has 0 spiro atoms. The van der Waals surface area contributed by atoms with Gasteiger partial charge < -0.3 is 17.0 Å². The van der Waals surface area contributed by atoms with Gasteiger partial charge in [-0.1, -0.05) is 0 Å². The van der Waals surface area contributed by atoms with Crippen molar-refractivity contribution in [2.45, 2.75) is 20.4 Å². The molecule has 0 bridgehead atoms. The van der Waals surface area contributed by atoms with Crippen LogP contribution in [0, 0.1) is 0 Å². The van der Waals surface area contributed by atoms with Crippen LogP contribution >= 0.6 is 0 Å². The summed E-state index contributed by atoms with van der Waals surface area (Å²) in [6, 6.07) is 4.31. The van der Waals surface area contributed by atoms with Crippen molar-refractivity contribution in [3.63, 3.8) is 0 Å². The largest absolute Gasteiger partial charge is 1.00 e. The van der Waals surface area contributed by atoms with E-state index in [4.69, 9.17) is 0 Å². The molecule has 72 valence electrons. The molecule has 2 heterocycles. The van der Waals surface area contributed by atoms with Crippen molar-refractivity contribution in [1.82, 2.24) is 4.57 Å². The summed E-state index contributed by atoms with van der Waals surface area (Å²) in [5.74, 6) is 0. The monoisotopic (exact) mass is 198 g/mol. The predicted octanol–water partition coefficient (Wildman–Crippen LogP) is -1.65. The Bertz CT molecular complexity index is 325. The van der Waals surface area contributed by atoms with Gasteiger partial charge in [0.15, 0.2) is 12.3 Å². The van der Waals surface area contributed by atoms with Gasteiger partial charge in [0, 0.05) is 13.1 Å². The number of likely N-dealkylation sites (N-methyl/N-ethyl adjacent to an activating group) is 1. The molecule has 3 heteroatoms. The lowest BCUT2D eigenvalue weighted by molar-refractivity contribution is -0.528. The van der Waals surface area contributed by atoms with E-state index < -0.39 is 0 Å². The van der Waals surface area contributed by atoms with Crippen LogP contribution in [-0.4, -0.2) is 27.9 Å². The third-order valence-electron chi connectivity index (χ3n) is 2.67. The van der Waals surface area contributed by atoms with E-state index >= 15 is 0 Å². The molecule has 1 aliphatic rings. The lowest BCUT2D eigenvalue weighted by atomic mass is 10.2. The molecule has 1 aromatic heterocycles. The average Bonchev–Trinajstić information content (AvgIpc) is 2.53. The molecule has 13 heavy (non-hydrogen) atoms. The van der Waals surface area contributed by atoms with Crippen LogP contribution < -0.4 is 12.4 Å². The first-order valence-corrected chi connectivity index (χ1v) is 4.57. The van der Waals surface area contributed by atoms with Crippen LogP contribution in [0.3, 0.4) is 0 Å². The molecule has 0 N–H and O–H groups in total. The summed E-state index contributed by atoms with van der Waals surface area (Å²) in [4.78, 5) is 0. The smallest absolute Gasteiger partial charge is 0.196 e. The van der Waals surface area contributed by atoms with E-state index in [1.807, 2.05) is 0 Å². The highest BCUT2D eigenvalue weighted by Gasteiger charge is 2.19. The molecule has 0 saturated heterocycles. The van der Waals surface area contributed by atoms with Crippen LogP contribution in [0.1, 0.15) is 19.5 Å². The number of aromatic nitrogens is 1. The maximum atomic E-state index is 2.43. The van der Waals surface area contributed by atoms with Crippen LogP contribution in [0.2, 0.25) is 0 Å². The normalized spacial score (nSPS) is 15.2. The van der Waals surface area contributed by atoms with Crippen molar-refractivity contribution in [2.75, 3.05) is 13.1 Å². The molecule has 2 nitrogen and oxygen atoms in total. The van der Waals surface area contributed by atoms with Crippen molar-refractivity contribution in [2.24, 2.45) is 0 Å². The van der Waals surface area contributed by atoms with Crippen molar-refractivity contribution < 1.29 is 17.0 Å². The minimum atomic E-state index is 0. The Balaban J connectivity index is 0.000000845. The van der Waals surface area contributed by atoms with Gasteiger partial charge in [-0.2, -0.15) is 0 Å². The number of fused-ring (bicyclic) bond motifs is 1. The zero-order valence-electron chi connectivity index (χ0n) is 8.13. The highest BCUT2D eigenvalue weighted by atomic mass is 35.5. The second kappa shape index (κ2) is 3.97. The summed E-state index contributed by atoms with van der Waals surface area (Å²) in [5.41, 5.74) is 2.79. The number of nitrogens with zero attached hydrogens (tertiary/aromatic N) is 2. The van der Waals surface area contributed by atoms with Crippen LogP contribution in [0.4, 0.5) is 0 Å². The van der Waals surface area contributed by atoms with Crippen molar-refractivity contribution in [3.8, 4) is 0 Å². The molecule has 0 atom stereocenters. The van der Waals surface area contributed by atoms with Crippen LogP contribution in [0.5, 0.6) is 0 Å². The molecule has 0 unspecified atom stereocenters. The number of rotatable bonds is 1. The standard InChI is InChI=1S/C10H15N2.ClH/c1-3-11-7-8-12-6-4-5-10(12)9(11)2;/h4-6H,3,7-8H2,1-2H3;1H/q+1;/p-1. The van der Waals surface area contributed by atoms with E-state index in [2.05, 4.69) is 41.3 Å². The molecule has 1 aromatic rings. The van der Waals surface area contributed by atoms with E-state index in [9.17, 15) is 0 Å². The van der Waals surface area contributed by atoms with Gasteiger partial charge in [0.1, 0.15) is 12.2 Å². The van der Waals surface area contributed by atoms with Gasteiger partial charge in [-0.15, -0.1) is 0 Å². The first kappa shape index (κ1) is 10.3. The molecular formula is C10H15ClN2. The summed E-state index contributed by atoms with van der Waals surface area (Å²) >= 11 is 0. The topological polar surface area (TPSA) is 7.94 Å². The van der Waals surface area contributed by atoms with E-state index in [0.717, 1.165) is 19.6 Å². The Hall–Kier alpha value is -0.760. The summed E-state index contributed by atoms with van der Waals surface area (Å²) in [6.45, 7) is 7.82. The molecule has 2 rings (SSSR count). The van der Waals surface area contributed by atoms with E-state index in [-0.39, 0.29) is 12.4 Å². The van der Waals surface area contributed by atoms with Crippen molar-refractivity contribution >= 4 is 5.71 Å². The summed E-state index contributed by atoms with van der Waals surface area (Å²) in [6.07, 6.45) is 2.16. The van der Waals surface area contributed by atoms with E-state index in [1.165, 1.54) is 11.4 Å². The summed E-state index contributed by atoms with van der Waals surface area (Å²) < 4.78 is 4.75. The Morgan fingerprint density at radius 1 is 1.54 bits per heavy atom. The van der Waals surface area contributed by atoms with Gasteiger partial charge in [-0.05, 0) is 19.1 Å². The average molecular weight is 199 g/mol. The fraction of sp³-hybridized carbons (Fsp3) is 0.500.